The predicted octanol–water partition coefficient (Wildman–Crippen LogP) is 2.20. The van der Waals surface area contributed by atoms with Gasteiger partial charge < -0.3 is 14.8 Å². The minimum atomic E-state index is -0.924. The fourth-order valence-corrected chi connectivity index (χ4v) is 2.32. The van der Waals surface area contributed by atoms with Crippen LogP contribution in [0, 0.1) is 6.92 Å². The zero-order valence-electron chi connectivity index (χ0n) is 10.6. The summed E-state index contributed by atoms with van der Waals surface area (Å²) in [5.74, 6) is -0.924. The first-order chi connectivity index (χ1) is 8.58. The molecule has 2 aromatic rings. The summed E-state index contributed by atoms with van der Waals surface area (Å²) in [6.07, 6.45) is 2.70. The van der Waals surface area contributed by atoms with E-state index < -0.39 is 5.97 Å². The second-order valence-electron chi connectivity index (χ2n) is 4.43. The number of rotatable bonds is 4. The van der Waals surface area contributed by atoms with Gasteiger partial charge in [-0.3, -0.25) is 0 Å². The van der Waals surface area contributed by atoms with Crippen molar-refractivity contribution >= 4 is 16.9 Å². The van der Waals surface area contributed by atoms with Crippen molar-refractivity contribution in [2.45, 2.75) is 26.8 Å². The molecule has 1 heterocycles. The van der Waals surface area contributed by atoms with Crippen molar-refractivity contribution in [1.29, 1.82) is 0 Å². The molecule has 0 fully saturated rings. The lowest BCUT2D eigenvalue weighted by Crippen LogP contribution is -2.06. The number of carboxylic acids is 1. The summed E-state index contributed by atoms with van der Waals surface area (Å²) in [5, 5.41) is 19.3. The van der Waals surface area contributed by atoms with Gasteiger partial charge in [0.15, 0.2) is 0 Å². The highest BCUT2D eigenvalue weighted by Gasteiger charge is 2.15. The number of hydrogen-bond acceptors (Lipinski definition) is 2. The molecule has 0 radical (unpaired) electrons. The molecule has 2 N–H and O–H groups in total. The topological polar surface area (TPSA) is 62.5 Å². The number of benzene rings is 1. The van der Waals surface area contributed by atoms with Crippen molar-refractivity contribution < 1.29 is 15.0 Å². The fraction of sp³-hybridized carbons (Fsp3) is 0.357. The van der Waals surface area contributed by atoms with Crippen molar-refractivity contribution in [2.75, 3.05) is 6.61 Å². The van der Waals surface area contributed by atoms with Gasteiger partial charge in [-0.15, -0.1) is 0 Å². The molecule has 0 unspecified atom stereocenters. The SMILES string of the molecule is CCc1cc(C(=O)O)c2c(c1)c(C)cn2CCO. The number of hydrogen-bond donors (Lipinski definition) is 2. The molecule has 0 saturated carbocycles. The van der Waals surface area contributed by atoms with Gasteiger partial charge in [-0.1, -0.05) is 6.92 Å². The molecule has 4 heteroatoms. The summed E-state index contributed by atoms with van der Waals surface area (Å²) < 4.78 is 1.81. The van der Waals surface area contributed by atoms with E-state index >= 15 is 0 Å². The molecule has 4 nitrogen and oxygen atoms in total. The van der Waals surface area contributed by atoms with Crippen molar-refractivity contribution in [3.05, 3.63) is 35.0 Å². The first-order valence-electron chi connectivity index (χ1n) is 6.05. The third-order valence-electron chi connectivity index (χ3n) is 3.21. The lowest BCUT2D eigenvalue weighted by molar-refractivity contribution is 0.0698. The first-order valence-corrected chi connectivity index (χ1v) is 6.05. The Hall–Kier alpha value is -1.81. The monoisotopic (exact) mass is 247 g/mol. The number of aryl methyl sites for hydroxylation is 2. The Morgan fingerprint density at radius 2 is 2.11 bits per heavy atom. The second kappa shape index (κ2) is 4.82. The van der Waals surface area contributed by atoms with Crippen LogP contribution in [0.3, 0.4) is 0 Å². The summed E-state index contributed by atoms with van der Waals surface area (Å²) in [7, 11) is 0. The highest BCUT2D eigenvalue weighted by atomic mass is 16.4. The lowest BCUT2D eigenvalue weighted by Gasteiger charge is -2.07. The first kappa shape index (κ1) is 12.6. The van der Waals surface area contributed by atoms with Gasteiger partial charge in [0.25, 0.3) is 0 Å². The Balaban J connectivity index is 2.80. The average molecular weight is 247 g/mol. The maximum atomic E-state index is 11.4. The third kappa shape index (κ3) is 1.99. The van der Waals surface area contributed by atoms with E-state index in [0.29, 0.717) is 17.6 Å². The molecule has 18 heavy (non-hydrogen) atoms. The molecule has 0 aliphatic rings. The highest BCUT2D eigenvalue weighted by Crippen LogP contribution is 2.26. The van der Waals surface area contributed by atoms with Crippen molar-refractivity contribution in [2.24, 2.45) is 0 Å². The van der Waals surface area contributed by atoms with Crippen LogP contribution in [0.5, 0.6) is 0 Å². The largest absolute Gasteiger partial charge is 0.478 e. The van der Waals surface area contributed by atoms with Crippen LogP contribution in [0.15, 0.2) is 18.3 Å². The average Bonchev–Trinajstić information content (AvgIpc) is 2.66. The van der Waals surface area contributed by atoms with E-state index in [-0.39, 0.29) is 6.61 Å². The van der Waals surface area contributed by atoms with E-state index in [1.165, 1.54) is 0 Å². The quantitative estimate of drug-likeness (QED) is 0.870. The molecule has 0 amide bonds. The summed E-state index contributed by atoms with van der Waals surface area (Å²) in [6, 6.07) is 3.75. The number of aromatic nitrogens is 1. The smallest absolute Gasteiger partial charge is 0.337 e. The molecule has 0 atom stereocenters. The number of aliphatic hydroxyl groups is 1. The predicted molar refractivity (Wildman–Crippen MR) is 70.1 cm³/mol. The van der Waals surface area contributed by atoms with Gasteiger partial charge in [-0.2, -0.15) is 0 Å². The molecule has 1 aromatic carbocycles. The Labute approximate surface area is 105 Å². The van der Waals surface area contributed by atoms with Gasteiger partial charge >= 0.3 is 5.97 Å². The van der Waals surface area contributed by atoms with Gasteiger partial charge in [0, 0.05) is 18.1 Å². The van der Waals surface area contributed by atoms with Gasteiger partial charge in [0.1, 0.15) is 0 Å². The standard InChI is InChI=1S/C14H17NO3/c1-3-10-6-11-9(2)8-15(4-5-16)13(11)12(7-10)14(17)18/h6-8,16H,3-5H2,1-2H3,(H,17,18). The number of aliphatic hydroxyl groups excluding tert-OH is 1. The Morgan fingerprint density at radius 1 is 1.39 bits per heavy atom. The summed E-state index contributed by atoms with van der Waals surface area (Å²) >= 11 is 0. The second-order valence-corrected chi connectivity index (χ2v) is 4.43. The Bertz CT molecular complexity index is 599. The van der Waals surface area contributed by atoms with E-state index in [1.807, 2.05) is 30.7 Å². The fourth-order valence-electron chi connectivity index (χ4n) is 2.32. The molecule has 0 saturated heterocycles. The van der Waals surface area contributed by atoms with Crippen LogP contribution in [0.2, 0.25) is 0 Å². The van der Waals surface area contributed by atoms with Gasteiger partial charge in [-0.25, -0.2) is 4.79 Å². The highest BCUT2D eigenvalue weighted by molar-refractivity contribution is 6.03. The summed E-state index contributed by atoms with van der Waals surface area (Å²) in [4.78, 5) is 11.4. The van der Waals surface area contributed by atoms with Crippen LogP contribution >= 0.6 is 0 Å². The minimum absolute atomic E-state index is 0.00217. The molecule has 1 aromatic heterocycles. The molecular formula is C14H17NO3. The summed E-state index contributed by atoms with van der Waals surface area (Å²) in [5.41, 5.74) is 3.07. The number of nitrogens with zero attached hydrogens (tertiary/aromatic N) is 1. The van der Waals surface area contributed by atoms with Crippen molar-refractivity contribution in [3.63, 3.8) is 0 Å². The zero-order valence-corrected chi connectivity index (χ0v) is 10.6. The van der Waals surface area contributed by atoms with Crippen LogP contribution in [-0.2, 0) is 13.0 Å². The van der Waals surface area contributed by atoms with E-state index in [2.05, 4.69) is 0 Å². The number of carbonyl (C=O) groups is 1. The van der Waals surface area contributed by atoms with Gasteiger partial charge in [-0.05, 0) is 36.6 Å². The maximum Gasteiger partial charge on any atom is 0.337 e. The lowest BCUT2D eigenvalue weighted by atomic mass is 10.0. The van der Waals surface area contributed by atoms with E-state index in [1.54, 1.807) is 6.07 Å². The number of carboxylic acid groups (broad SMARTS) is 1. The van der Waals surface area contributed by atoms with Crippen molar-refractivity contribution in [3.8, 4) is 0 Å². The van der Waals surface area contributed by atoms with E-state index in [4.69, 9.17) is 5.11 Å². The third-order valence-corrected chi connectivity index (χ3v) is 3.21. The van der Waals surface area contributed by atoms with Gasteiger partial charge in [0.05, 0.1) is 17.7 Å². The van der Waals surface area contributed by atoms with E-state index in [0.717, 1.165) is 22.9 Å². The van der Waals surface area contributed by atoms with Crippen LogP contribution in [0.1, 0.15) is 28.4 Å². The number of fused-ring (bicyclic) bond motifs is 1. The number of aromatic carboxylic acids is 1. The summed E-state index contributed by atoms with van der Waals surface area (Å²) in [6.45, 7) is 4.38. The molecular weight excluding hydrogens is 230 g/mol. The van der Waals surface area contributed by atoms with Crippen molar-refractivity contribution in [1.82, 2.24) is 4.57 Å². The minimum Gasteiger partial charge on any atom is -0.478 e. The molecule has 0 spiro atoms. The van der Waals surface area contributed by atoms with Crippen LogP contribution in [-0.4, -0.2) is 27.4 Å². The Morgan fingerprint density at radius 3 is 2.67 bits per heavy atom. The van der Waals surface area contributed by atoms with Crippen LogP contribution < -0.4 is 0 Å². The zero-order chi connectivity index (χ0) is 13.3. The van der Waals surface area contributed by atoms with Gasteiger partial charge in [0.2, 0.25) is 0 Å². The van der Waals surface area contributed by atoms with Crippen LogP contribution in [0.25, 0.3) is 10.9 Å². The molecule has 2 rings (SSSR count). The molecule has 0 aliphatic heterocycles. The Kier molecular flexibility index (Phi) is 3.39. The van der Waals surface area contributed by atoms with E-state index in [9.17, 15) is 9.90 Å². The molecule has 0 aliphatic carbocycles. The molecule has 0 bridgehead atoms. The maximum absolute atomic E-state index is 11.4. The normalized spacial score (nSPS) is 11.1. The molecule has 96 valence electrons. The van der Waals surface area contributed by atoms with Crippen LogP contribution in [0.4, 0.5) is 0 Å².